The second-order valence-corrected chi connectivity index (χ2v) is 6.64. The topological polar surface area (TPSA) is 12.0 Å². The summed E-state index contributed by atoms with van der Waals surface area (Å²) in [4.78, 5) is 0. The number of hydrogen-bond acceptors (Lipinski definition) is 1. The van der Waals surface area contributed by atoms with Crippen LogP contribution in [-0.4, -0.2) is 13.1 Å². The summed E-state index contributed by atoms with van der Waals surface area (Å²) in [6.07, 6.45) is 3.93. The van der Waals surface area contributed by atoms with Crippen molar-refractivity contribution >= 4 is 23.2 Å². The van der Waals surface area contributed by atoms with Crippen molar-refractivity contribution in [1.82, 2.24) is 5.32 Å². The highest BCUT2D eigenvalue weighted by Gasteiger charge is 2.50. The molecule has 1 aliphatic heterocycles. The van der Waals surface area contributed by atoms with Crippen LogP contribution in [0.3, 0.4) is 0 Å². The van der Waals surface area contributed by atoms with E-state index in [1.165, 1.54) is 24.8 Å². The summed E-state index contributed by atoms with van der Waals surface area (Å²) in [5, 5.41) is 4.91. The third-order valence-corrected chi connectivity index (χ3v) is 5.69. The highest BCUT2D eigenvalue weighted by atomic mass is 35.5. The fraction of sp³-hybridized carbons (Fsp3) is 0.600. The fourth-order valence-corrected chi connectivity index (χ4v) is 4.23. The summed E-state index contributed by atoms with van der Waals surface area (Å²) < 4.78 is 0. The highest BCUT2D eigenvalue weighted by Crippen LogP contribution is 2.51. The molecule has 1 heterocycles. The second-order valence-electron chi connectivity index (χ2n) is 5.83. The number of halogens is 2. The molecule has 0 amide bonds. The molecule has 1 saturated heterocycles. The molecule has 3 heteroatoms. The monoisotopic (exact) mass is 283 g/mol. The van der Waals surface area contributed by atoms with Crippen LogP contribution in [0.5, 0.6) is 0 Å². The van der Waals surface area contributed by atoms with Crippen molar-refractivity contribution in [1.29, 1.82) is 0 Å². The number of fused-ring (bicyclic) bond motifs is 1. The van der Waals surface area contributed by atoms with Gasteiger partial charge >= 0.3 is 0 Å². The molecule has 2 aliphatic rings. The molecule has 0 radical (unpaired) electrons. The largest absolute Gasteiger partial charge is 0.316 e. The van der Waals surface area contributed by atoms with E-state index in [1.807, 2.05) is 6.07 Å². The maximum absolute atomic E-state index is 6.20. The summed E-state index contributed by atoms with van der Waals surface area (Å²) in [6.45, 7) is 4.55. The Bertz CT molecular complexity index is 460. The lowest BCUT2D eigenvalue weighted by atomic mass is 9.74. The van der Waals surface area contributed by atoms with Gasteiger partial charge in [0.15, 0.2) is 0 Å². The van der Waals surface area contributed by atoms with E-state index in [2.05, 4.69) is 24.4 Å². The average molecular weight is 284 g/mol. The summed E-state index contributed by atoms with van der Waals surface area (Å²) in [5.74, 6) is 1.63. The van der Waals surface area contributed by atoms with Gasteiger partial charge in [0.2, 0.25) is 0 Å². The van der Waals surface area contributed by atoms with Crippen LogP contribution < -0.4 is 5.32 Å². The molecule has 98 valence electrons. The van der Waals surface area contributed by atoms with Crippen molar-refractivity contribution in [3.63, 3.8) is 0 Å². The maximum Gasteiger partial charge on any atom is 0.0595 e. The van der Waals surface area contributed by atoms with Gasteiger partial charge in [-0.3, -0.25) is 0 Å². The second kappa shape index (κ2) is 4.70. The van der Waals surface area contributed by atoms with Crippen LogP contribution >= 0.6 is 23.2 Å². The zero-order valence-corrected chi connectivity index (χ0v) is 12.2. The normalized spacial score (nSPS) is 34.8. The van der Waals surface area contributed by atoms with Crippen molar-refractivity contribution in [2.45, 2.75) is 31.6 Å². The Kier molecular flexibility index (Phi) is 3.34. The van der Waals surface area contributed by atoms with Gasteiger partial charge in [-0.15, -0.1) is 0 Å². The Morgan fingerprint density at radius 3 is 2.89 bits per heavy atom. The molecule has 3 unspecified atom stereocenters. The number of rotatable bonds is 2. The lowest BCUT2D eigenvalue weighted by molar-refractivity contribution is 0.396. The molecule has 1 aliphatic carbocycles. The molecule has 0 bridgehead atoms. The predicted octanol–water partition coefficient (Wildman–Crippen LogP) is 4.27. The van der Waals surface area contributed by atoms with Crippen LogP contribution in [0.1, 0.15) is 31.7 Å². The number of benzene rings is 1. The lowest BCUT2D eigenvalue weighted by Gasteiger charge is -2.29. The standard InChI is InChI=1S/C15H19Cl2N/c1-2-10-5-12-8-18-9-15(12,7-10)11-3-4-13(16)14(17)6-11/h3-4,6,10,12,18H,2,5,7-9H2,1H3. The summed E-state index contributed by atoms with van der Waals surface area (Å²) in [6, 6.07) is 6.21. The van der Waals surface area contributed by atoms with Gasteiger partial charge in [-0.2, -0.15) is 0 Å². The first-order valence-corrected chi connectivity index (χ1v) is 7.57. The van der Waals surface area contributed by atoms with Crippen molar-refractivity contribution in [3.8, 4) is 0 Å². The van der Waals surface area contributed by atoms with E-state index in [0.717, 1.165) is 24.9 Å². The zero-order chi connectivity index (χ0) is 12.8. The minimum absolute atomic E-state index is 0.301. The molecule has 3 atom stereocenters. The molecule has 2 fully saturated rings. The minimum Gasteiger partial charge on any atom is -0.316 e. The van der Waals surface area contributed by atoms with Gasteiger partial charge in [-0.25, -0.2) is 0 Å². The smallest absolute Gasteiger partial charge is 0.0595 e. The van der Waals surface area contributed by atoms with E-state index in [9.17, 15) is 0 Å². The summed E-state index contributed by atoms with van der Waals surface area (Å²) in [5.41, 5.74) is 1.68. The zero-order valence-electron chi connectivity index (χ0n) is 10.7. The molecular weight excluding hydrogens is 265 g/mol. The molecule has 1 saturated carbocycles. The van der Waals surface area contributed by atoms with Crippen molar-refractivity contribution in [3.05, 3.63) is 33.8 Å². The summed E-state index contributed by atoms with van der Waals surface area (Å²) >= 11 is 12.2. The van der Waals surface area contributed by atoms with Gasteiger partial charge in [0.25, 0.3) is 0 Å². The molecule has 1 aromatic rings. The van der Waals surface area contributed by atoms with Gasteiger partial charge in [0, 0.05) is 12.0 Å². The summed E-state index contributed by atoms with van der Waals surface area (Å²) in [7, 11) is 0. The van der Waals surface area contributed by atoms with Gasteiger partial charge in [-0.1, -0.05) is 42.6 Å². The molecule has 18 heavy (non-hydrogen) atoms. The molecule has 0 aromatic heterocycles. The van der Waals surface area contributed by atoms with E-state index in [1.54, 1.807) is 0 Å². The highest BCUT2D eigenvalue weighted by molar-refractivity contribution is 6.42. The molecule has 1 nitrogen and oxygen atoms in total. The van der Waals surface area contributed by atoms with E-state index in [4.69, 9.17) is 23.2 Å². The lowest BCUT2D eigenvalue weighted by Crippen LogP contribution is -2.31. The first-order chi connectivity index (χ1) is 8.65. The fourth-order valence-electron chi connectivity index (χ4n) is 3.93. The van der Waals surface area contributed by atoms with E-state index >= 15 is 0 Å². The van der Waals surface area contributed by atoms with Gasteiger partial charge in [-0.05, 0) is 48.9 Å². The molecule has 3 rings (SSSR count). The van der Waals surface area contributed by atoms with Crippen LogP contribution in [0.25, 0.3) is 0 Å². The minimum atomic E-state index is 0.301. The van der Waals surface area contributed by atoms with Crippen LogP contribution in [0.4, 0.5) is 0 Å². The Morgan fingerprint density at radius 2 is 2.17 bits per heavy atom. The quantitative estimate of drug-likeness (QED) is 0.855. The van der Waals surface area contributed by atoms with Gasteiger partial charge in [0.05, 0.1) is 10.0 Å². The third kappa shape index (κ3) is 1.88. The molecule has 0 spiro atoms. The number of hydrogen-bond donors (Lipinski definition) is 1. The first kappa shape index (κ1) is 12.8. The van der Waals surface area contributed by atoms with Crippen LogP contribution in [-0.2, 0) is 5.41 Å². The number of nitrogens with one attached hydrogen (secondary N) is 1. The van der Waals surface area contributed by atoms with E-state index in [-0.39, 0.29) is 0 Å². The van der Waals surface area contributed by atoms with Crippen LogP contribution in [0.2, 0.25) is 10.0 Å². The van der Waals surface area contributed by atoms with Crippen molar-refractivity contribution in [2.75, 3.05) is 13.1 Å². The Morgan fingerprint density at radius 1 is 1.33 bits per heavy atom. The Balaban J connectivity index is 1.99. The molecule has 1 N–H and O–H groups in total. The van der Waals surface area contributed by atoms with E-state index < -0.39 is 0 Å². The maximum atomic E-state index is 6.20. The first-order valence-electron chi connectivity index (χ1n) is 6.82. The third-order valence-electron chi connectivity index (χ3n) is 4.96. The Hall–Kier alpha value is -0.240. The van der Waals surface area contributed by atoms with Gasteiger partial charge < -0.3 is 5.32 Å². The Labute approximate surface area is 119 Å². The van der Waals surface area contributed by atoms with Gasteiger partial charge in [0.1, 0.15) is 0 Å². The van der Waals surface area contributed by atoms with Crippen molar-refractivity contribution < 1.29 is 0 Å². The van der Waals surface area contributed by atoms with Crippen LogP contribution in [0.15, 0.2) is 18.2 Å². The average Bonchev–Trinajstić information content (AvgIpc) is 2.89. The molecule has 1 aromatic carbocycles. The molecular formula is C15H19Cl2N. The van der Waals surface area contributed by atoms with E-state index in [0.29, 0.717) is 15.5 Å². The van der Waals surface area contributed by atoms with Crippen LogP contribution in [0, 0.1) is 11.8 Å². The van der Waals surface area contributed by atoms with Crippen molar-refractivity contribution in [2.24, 2.45) is 11.8 Å². The predicted molar refractivity (Wildman–Crippen MR) is 77.5 cm³/mol. The SMILES string of the molecule is CCC1CC2CNCC2(c2ccc(Cl)c(Cl)c2)C1.